The van der Waals surface area contributed by atoms with E-state index in [-0.39, 0.29) is 17.9 Å². The summed E-state index contributed by atoms with van der Waals surface area (Å²) in [5.74, 6) is -0.928. The molecule has 0 aliphatic heterocycles. The maximum Gasteiger partial charge on any atom is 0.234 e. The van der Waals surface area contributed by atoms with E-state index in [2.05, 4.69) is 5.32 Å². The molecule has 0 aromatic carbocycles. The number of rotatable bonds is 3. The van der Waals surface area contributed by atoms with Crippen LogP contribution < -0.4 is 16.8 Å². The van der Waals surface area contributed by atoms with Crippen LogP contribution in [-0.2, 0) is 9.59 Å². The quantitative estimate of drug-likeness (QED) is 0.534. The van der Waals surface area contributed by atoms with Gasteiger partial charge in [0.2, 0.25) is 11.8 Å². The highest BCUT2D eigenvalue weighted by Gasteiger charge is 2.18. The third-order valence-corrected chi connectivity index (χ3v) is 1.29. The molecule has 0 rings (SSSR count). The van der Waals surface area contributed by atoms with E-state index in [1.807, 2.05) is 20.8 Å². The zero-order chi connectivity index (χ0) is 10.6. The summed E-state index contributed by atoms with van der Waals surface area (Å²) < 4.78 is 0. The molecule has 0 radical (unpaired) electrons. The Morgan fingerprint density at radius 2 is 1.85 bits per heavy atom. The summed E-state index contributed by atoms with van der Waals surface area (Å²) in [7, 11) is 0. The number of carbonyl (C=O) groups is 2. The normalized spacial score (nSPS) is 13.5. The summed E-state index contributed by atoms with van der Waals surface area (Å²) in [6.45, 7) is 5.54. The van der Waals surface area contributed by atoms with Crippen LogP contribution in [0.1, 0.15) is 27.2 Å². The third kappa shape index (κ3) is 6.10. The molecule has 0 saturated heterocycles. The summed E-state index contributed by atoms with van der Waals surface area (Å²) in [4.78, 5) is 21.7. The molecule has 0 aromatic heterocycles. The lowest BCUT2D eigenvalue weighted by Crippen LogP contribution is -2.46. The largest absolute Gasteiger partial charge is 0.368 e. The van der Waals surface area contributed by atoms with Gasteiger partial charge in [0.15, 0.2) is 0 Å². The van der Waals surface area contributed by atoms with Crippen molar-refractivity contribution in [2.45, 2.75) is 38.8 Å². The fraction of sp³-hybridized carbons (Fsp3) is 0.750. The Bertz CT molecular complexity index is 208. The fourth-order valence-electron chi connectivity index (χ4n) is 0.770. The highest BCUT2D eigenvalue weighted by Crippen LogP contribution is 1.99. The van der Waals surface area contributed by atoms with Crippen LogP contribution in [-0.4, -0.2) is 23.4 Å². The number of amides is 2. The van der Waals surface area contributed by atoms with Gasteiger partial charge in [0.25, 0.3) is 0 Å². The van der Waals surface area contributed by atoms with E-state index in [0.717, 1.165) is 0 Å². The maximum atomic E-state index is 11.2. The molecule has 0 aromatic rings. The minimum absolute atomic E-state index is 0.0629. The zero-order valence-electron chi connectivity index (χ0n) is 8.26. The fourth-order valence-corrected chi connectivity index (χ4v) is 0.770. The molecule has 5 nitrogen and oxygen atoms in total. The average Bonchev–Trinajstić information content (AvgIpc) is 1.81. The van der Waals surface area contributed by atoms with Gasteiger partial charge >= 0.3 is 0 Å². The maximum absolute atomic E-state index is 11.2. The molecule has 1 unspecified atom stereocenters. The SMILES string of the molecule is CC(C)(C)NC(=O)CC(N)C(N)=O. The van der Waals surface area contributed by atoms with Crippen molar-refractivity contribution in [3.8, 4) is 0 Å². The van der Waals surface area contributed by atoms with Gasteiger partial charge in [-0.2, -0.15) is 0 Å². The first kappa shape index (κ1) is 11.9. The highest BCUT2D eigenvalue weighted by atomic mass is 16.2. The number of nitrogens with one attached hydrogen (secondary N) is 1. The Balaban J connectivity index is 3.96. The van der Waals surface area contributed by atoms with Gasteiger partial charge in [-0.1, -0.05) is 0 Å². The summed E-state index contributed by atoms with van der Waals surface area (Å²) in [6, 6.07) is -0.901. The van der Waals surface area contributed by atoms with Crippen LogP contribution in [0.15, 0.2) is 0 Å². The molecule has 13 heavy (non-hydrogen) atoms. The van der Waals surface area contributed by atoms with Gasteiger partial charge in [-0.3, -0.25) is 9.59 Å². The summed E-state index contributed by atoms with van der Waals surface area (Å²) >= 11 is 0. The summed E-state index contributed by atoms with van der Waals surface area (Å²) in [5.41, 5.74) is 9.89. The second-order valence-electron chi connectivity index (χ2n) is 4.01. The van der Waals surface area contributed by atoms with Crippen molar-refractivity contribution >= 4 is 11.8 Å². The van der Waals surface area contributed by atoms with Crippen LogP contribution in [0.25, 0.3) is 0 Å². The van der Waals surface area contributed by atoms with Crippen molar-refractivity contribution in [2.75, 3.05) is 0 Å². The third-order valence-electron chi connectivity index (χ3n) is 1.29. The van der Waals surface area contributed by atoms with E-state index in [1.54, 1.807) is 0 Å². The first-order valence-electron chi connectivity index (χ1n) is 4.08. The second-order valence-corrected chi connectivity index (χ2v) is 4.01. The average molecular weight is 187 g/mol. The van der Waals surface area contributed by atoms with Crippen molar-refractivity contribution in [1.29, 1.82) is 0 Å². The molecule has 0 aliphatic carbocycles. The number of carbonyl (C=O) groups excluding carboxylic acids is 2. The molecule has 5 N–H and O–H groups in total. The number of hydrogen-bond donors (Lipinski definition) is 3. The van der Waals surface area contributed by atoms with E-state index in [4.69, 9.17) is 11.5 Å². The van der Waals surface area contributed by atoms with Gasteiger partial charge in [-0.25, -0.2) is 0 Å². The lowest BCUT2D eigenvalue weighted by atomic mass is 10.1. The smallest absolute Gasteiger partial charge is 0.234 e. The zero-order valence-corrected chi connectivity index (χ0v) is 8.26. The molecule has 0 saturated carbocycles. The van der Waals surface area contributed by atoms with E-state index in [1.165, 1.54) is 0 Å². The van der Waals surface area contributed by atoms with E-state index >= 15 is 0 Å². The molecule has 0 aliphatic rings. The first-order chi connectivity index (χ1) is 5.72. The molecule has 0 heterocycles. The van der Waals surface area contributed by atoms with Gasteiger partial charge < -0.3 is 16.8 Å². The van der Waals surface area contributed by atoms with Crippen LogP contribution in [0.4, 0.5) is 0 Å². The molecule has 0 bridgehead atoms. The first-order valence-corrected chi connectivity index (χ1v) is 4.08. The van der Waals surface area contributed by atoms with Crippen molar-refractivity contribution in [3.63, 3.8) is 0 Å². The minimum Gasteiger partial charge on any atom is -0.368 e. The van der Waals surface area contributed by atoms with Gasteiger partial charge in [-0.15, -0.1) is 0 Å². The van der Waals surface area contributed by atoms with Gasteiger partial charge in [-0.05, 0) is 20.8 Å². The van der Waals surface area contributed by atoms with Crippen molar-refractivity contribution < 1.29 is 9.59 Å². The van der Waals surface area contributed by atoms with E-state index in [0.29, 0.717) is 0 Å². The van der Waals surface area contributed by atoms with Crippen LogP contribution in [0, 0.1) is 0 Å². The summed E-state index contributed by atoms with van der Waals surface area (Å²) in [6.07, 6.45) is -0.0629. The van der Waals surface area contributed by atoms with E-state index in [9.17, 15) is 9.59 Å². The van der Waals surface area contributed by atoms with Crippen molar-refractivity contribution in [2.24, 2.45) is 11.5 Å². The Morgan fingerprint density at radius 1 is 1.38 bits per heavy atom. The van der Waals surface area contributed by atoms with Gasteiger partial charge in [0.1, 0.15) is 0 Å². The molecule has 0 fully saturated rings. The number of hydrogen-bond acceptors (Lipinski definition) is 3. The molecule has 5 heteroatoms. The van der Waals surface area contributed by atoms with Gasteiger partial charge in [0, 0.05) is 5.54 Å². The lowest BCUT2D eigenvalue weighted by Gasteiger charge is -2.21. The molecule has 76 valence electrons. The Hall–Kier alpha value is -1.10. The van der Waals surface area contributed by atoms with E-state index < -0.39 is 11.9 Å². The predicted molar refractivity (Wildman–Crippen MR) is 49.7 cm³/mol. The predicted octanol–water partition coefficient (Wildman–Crippen LogP) is -0.896. The van der Waals surface area contributed by atoms with Gasteiger partial charge in [0.05, 0.1) is 12.5 Å². The Labute approximate surface area is 77.8 Å². The molecular formula is C8H17N3O2. The molecular weight excluding hydrogens is 170 g/mol. The van der Waals surface area contributed by atoms with Crippen LogP contribution >= 0.6 is 0 Å². The molecule has 0 spiro atoms. The number of primary amides is 1. The summed E-state index contributed by atoms with van der Waals surface area (Å²) in [5, 5.41) is 2.68. The Kier molecular flexibility index (Phi) is 3.87. The topological polar surface area (TPSA) is 98.2 Å². The van der Waals surface area contributed by atoms with Crippen LogP contribution in [0.3, 0.4) is 0 Å². The van der Waals surface area contributed by atoms with Crippen molar-refractivity contribution in [1.82, 2.24) is 5.32 Å². The monoisotopic (exact) mass is 187 g/mol. The van der Waals surface area contributed by atoms with Crippen molar-refractivity contribution in [3.05, 3.63) is 0 Å². The molecule has 2 amide bonds. The van der Waals surface area contributed by atoms with Crippen LogP contribution in [0.5, 0.6) is 0 Å². The lowest BCUT2D eigenvalue weighted by molar-refractivity contribution is -0.126. The number of nitrogens with two attached hydrogens (primary N) is 2. The standard InChI is InChI=1S/C8H17N3O2/c1-8(2,3)11-6(12)4-5(9)7(10)13/h5H,4,9H2,1-3H3,(H2,10,13)(H,11,12). The Morgan fingerprint density at radius 3 is 2.15 bits per heavy atom. The highest BCUT2D eigenvalue weighted by molar-refractivity contribution is 5.87. The second kappa shape index (κ2) is 4.23. The minimum atomic E-state index is -0.901. The molecule has 1 atom stereocenters. The van der Waals surface area contributed by atoms with Crippen LogP contribution in [0.2, 0.25) is 0 Å².